The Labute approximate surface area is 190 Å². The SMILES string of the molecule is CS(=O)(=O)c1ccc2c(c1)CCCN2C(=O)C1CCN(S(=O)(=O)Cc2ccccc2)CC1. The first kappa shape index (κ1) is 22.9. The number of sulfone groups is 1. The van der Waals surface area contributed by atoms with Gasteiger partial charge in [-0.25, -0.2) is 21.1 Å². The standard InChI is InChI=1S/C23H28N2O5S2/c1-31(27,28)21-9-10-22-20(16-21)8-5-13-25(22)23(26)19-11-14-24(15-12-19)32(29,30)17-18-6-3-2-4-7-18/h2-4,6-7,9-10,16,19H,5,8,11-15,17H2,1H3. The Balaban J connectivity index is 1.43. The molecule has 0 N–H and O–H groups in total. The Bertz CT molecular complexity index is 1200. The van der Waals surface area contributed by atoms with Crippen LogP contribution in [0.4, 0.5) is 5.69 Å². The molecule has 7 nitrogen and oxygen atoms in total. The van der Waals surface area contributed by atoms with Crippen molar-refractivity contribution in [3.8, 4) is 0 Å². The van der Waals surface area contributed by atoms with E-state index in [0.29, 0.717) is 32.5 Å². The van der Waals surface area contributed by atoms with Crippen LogP contribution in [0.1, 0.15) is 30.4 Å². The van der Waals surface area contributed by atoms with Crippen LogP contribution in [0.5, 0.6) is 0 Å². The van der Waals surface area contributed by atoms with Gasteiger partial charge in [-0.05, 0) is 55.0 Å². The monoisotopic (exact) mass is 476 g/mol. The zero-order chi connectivity index (χ0) is 22.9. The first-order valence-corrected chi connectivity index (χ1v) is 14.3. The van der Waals surface area contributed by atoms with Gasteiger partial charge in [0.25, 0.3) is 0 Å². The molecule has 172 valence electrons. The van der Waals surface area contributed by atoms with Crippen molar-refractivity contribution in [2.45, 2.75) is 36.3 Å². The maximum absolute atomic E-state index is 13.3. The fourth-order valence-electron chi connectivity index (χ4n) is 4.51. The summed E-state index contributed by atoms with van der Waals surface area (Å²) in [6.45, 7) is 1.26. The molecule has 0 atom stereocenters. The van der Waals surface area contributed by atoms with Gasteiger partial charge in [0, 0.05) is 37.5 Å². The van der Waals surface area contributed by atoms with E-state index in [0.717, 1.165) is 29.7 Å². The highest BCUT2D eigenvalue weighted by Gasteiger charge is 2.34. The normalized spacial score (nSPS) is 18.3. The van der Waals surface area contributed by atoms with Crippen LogP contribution in [0, 0.1) is 5.92 Å². The van der Waals surface area contributed by atoms with Gasteiger partial charge in [-0.15, -0.1) is 0 Å². The van der Waals surface area contributed by atoms with Crippen molar-refractivity contribution in [2.75, 3.05) is 30.8 Å². The van der Waals surface area contributed by atoms with Crippen molar-refractivity contribution in [2.24, 2.45) is 5.92 Å². The summed E-state index contributed by atoms with van der Waals surface area (Å²) in [5.41, 5.74) is 2.40. The molecule has 1 fully saturated rings. The molecule has 9 heteroatoms. The molecule has 2 aliphatic rings. The highest BCUT2D eigenvalue weighted by Crippen LogP contribution is 2.32. The second kappa shape index (κ2) is 8.96. The summed E-state index contributed by atoms with van der Waals surface area (Å²) < 4.78 is 50.8. The summed E-state index contributed by atoms with van der Waals surface area (Å²) in [6.07, 6.45) is 3.66. The number of carbonyl (C=O) groups is 1. The summed E-state index contributed by atoms with van der Waals surface area (Å²) >= 11 is 0. The molecule has 2 aromatic rings. The van der Waals surface area contributed by atoms with Crippen LogP contribution in [0.3, 0.4) is 0 Å². The second-order valence-corrected chi connectivity index (χ2v) is 12.6. The molecule has 32 heavy (non-hydrogen) atoms. The van der Waals surface area contributed by atoms with E-state index in [1.165, 1.54) is 10.6 Å². The van der Waals surface area contributed by atoms with E-state index in [1.807, 2.05) is 18.2 Å². The van der Waals surface area contributed by atoms with E-state index in [-0.39, 0.29) is 22.5 Å². The topological polar surface area (TPSA) is 91.8 Å². The summed E-state index contributed by atoms with van der Waals surface area (Å²) in [6, 6.07) is 14.1. The number of fused-ring (bicyclic) bond motifs is 1. The molecule has 4 rings (SSSR count). The van der Waals surface area contributed by atoms with Crippen LogP contribution >= 0.6 is 0 Å². The Morgan fingerprint density at radius 1 is 0.969 bits per heavy atom. The van der Waals surface area contributed by atoms with Crippen LogP contribution < -0.4 is 4.90 Å². The third-order valence-corrected chi connectivity index (χ3v) is 9.21. The predicted molar refractivity (Wildman–Crippen MR) is 124 cm³/mol. The highest BCUT2D eigenvalue weighted by atomic mass is 32.2. The Morgan fingerprint density at radius 2 is 1.66 bits per heavy atom. The van der Waals surface area contributed by atoms with Crippen molar-refractivity contribution in [3.63, 3.8) is 0 Å². The van der Waals surface area contributed by atoms with Crippen molar-refractivity contribution >= 4 is 31.5 Å². The van der Waals surface area contributed by atoms with Crippen LogP contribution in [0.25, 0.3) is 0 Å². The first-order chi connectivity index (χ1) is 15.1. The molecule has 2 aromatic carbocycles. The zero-order valence-electron chi connectivity index (χ0n) is 18.1. The van der Waals surface area contributed by atoms with Crippen LogP contribution in [-0.4, -0.2) is 52.9 Å². The number of aryl methyl sites for hydroxylation is 1. The number of nitrogens with zero attached hydrogens (tertiary/aromatic N) is 2. The minimum atomic E-state index is -3.43. The lowest BCUT2D eigenvalue weighted by Crippen LogP contribution is -2.46. The van der Waals surface area contributed by atoms with Gasteiger partial charge in [0.1, 0.15) is 0 Å². The average Bonchev–Trinajstić information content (AvgIpc) is 2.77. The molecule has 0 unspecified atom stereocenters. The lowest BCUT2D eigenvalue weighted by Gasteiger charge is -2.36. The van der Waals surface area contributed by atoms with E-state index in [1.54, 1.807) is 35.2 Å². The van der Waals surface area contributed by atoms with Crippen LogP contribution in [0.2, 0.25) is 0 Å². The minimum Gasteiger partial charge on any atom is -0.312 e. The van der Waals surface area contributed by atoms with Gasteiger partial charge in [0.2, 0.25) is 15.9 Å². The molecule has 1 saturated heterocycles. The number of benzene rings is 2. The molecule has 0 spiro atoms. The Kier molecular flexibility index (Phi) is 6.42. The third-order valence-electron chi connectivity index (χ3n) is 6.25. The van der Waals surface area contributed by atoms with Gasteiger partial charge in [0.05, 0.1) is 10.6 Å². The van der Waals surface area contributed by atoms with Gasteiger partial charge in [-0.2, -0.15) is 0 Å². The number of anilines is 1. The number of hydrogen-bond donors (Lipinski definition) is 0. The van der Waals surface area contributed by atoms with E-state index in [9.17, 15) is 21.6 Å². The fraction of sp³-hybridized carbons (Fsp3) is 0.435. The average molecular weight is 477 g/mol. The largest absolute Gasteiger partial charge is 0.312 e. The van der Waals surface area contributed by atoms with Crippen molar-refractivity contribution in [3.05, 3.63) is 59.7 Å². The van der Waals surface area contributed by atoms with Crippen molar-refractivity contribution in [1.29, 1.82) is 0 Å². The molecule has 2 heterocycles. The summed E-state index contributed by atoms with van der Waals surface area (Å²) in [4.78, 5) is 15.3. The number of hydrogen-bond acceptors (Lipinski definition) is 5. The van der Waals surface area contributed by atoms with Gasteiger partial charge in [-0.3, -0.25) is 4.79 Å². The van der Waals surface area contributed by atoms with Crippen molar-refractivity contribution in [1.82, 2.24) is 4.31 Å². The molecule has 0 aliphatic carbocycles. The number of amides is 1. The van der Waals surface area contributed by atoms with E-state index in [2.05, 4.69) is 0 Å². The lowest BCUT2D eigenvalue weighted by atomic mass is 9.94. The first-order valence-electron chi connectivity index (χ1n) is 10.8. The van der Waals surface area contributed by atoms with Gasteiger partial charge in [0.15, 0.2) is 9.84 Å². The molecule has 0 saturated carbocycles. The number of sulfonamides is 1. The molecule has 0 bridgehead atoms. The molecule has 0 radical (unpaired) electrons. The number of piperidine rings is 1. The molecule has 0 aromatic heterocycles. The molecular weight excluding hydrogens is 448 g/mol. The Morgan fingerprint density at radius 3 is 2.31 bits per heavy atom. The maximum Gasteiger partial charge on any atom is 0.230 e. The predicted octanol–water partition coefficient (Wildman–Crippen LogP) is 2.61. The van der Waals surface area contributed by atoms with Gasteiger partial charge < -0.3 is 4.90 Å². The van der Waals surface area contributed by atoms with Gasteiger partial charge in [-0.1, -0.05) is 30.3 Å². The van der Waals surface area contributed by atoms with Crippen molar-refractivity contribution < 1.29 is 21.6 Å². The maximum atomic E-state index is 13.3. The fourth-order valence-corrected chi connectivity index (χ4v) is 6.75. The van der Waals surface area contributed by atoms with E-state index in [4.69, 9.17) is 0 Å². The highest BCUT2D eigenvalue weighted by molar-refractivity contribution is 7.90. The quantitative estimate of drug-likeness (QED) is 0.662. The van der Waals surface area contributed by atoms with Gasteiger partial charge >= 0.3 is 0 Å². The minimum absolute atomic E-state index is 0.00170. The third kappa shape index (κ3) is 4.89. The number of carbonyl (C=O) groups excluding carboxylic acids is 1. The second-order valence-electron chi connectivity index (χ2n) is 8.57. The summed E-state index contributed by atoms with van der Waals surface area (Å²) in [7, 11) is -6.73. The molecular formula is C23H28N2O5S2. The summed E-state index contributed by atoms with van der Waals surface area (Å²) in [5, 5.41) is 0. The lowest BCUT2D eigenvalue weighted by molar-refractivity contribution is -0.123. The zero-order valence-corrected chi connectivity index (χ0v) is 19.7. The van der Waals surface area contributed by atoms with E-state index >= 15 is 0 Å². The number of rotatable bonds is 5. The molecule has 2 aliphatic heterocycles. The van der Waals surface area contributed by atoms with Crippen LogP contribution in [0.15, 0.2) is 53.4 Å². The summed E-state index contributed by atoms with van der Waals surface area (Å²) in [5.74, 6) is -0.272. The smallest absolute Gasteiger partial charge is 0.230 e. The Hall–Kier alpha value is -2.23. The van der Waals surface area contributed by atoms with E-state index < -0.39 is 19.9 Å². The van der Waals surface area contributed by atoms with Crippen LogP contribution in [-0.2, 0) is 36.8 Å². The molecule has 1 amide bonds.